The monoisotopic (exact) mass is 567 g/mol. The molecule has 0 aliphatic carbocycles. The van der Waals surface area contributed by atoms with Gasteiger partial charge in [-0.3, -0.25) is 9.52 Å². The van der Waals surface area contributed by atoms with Crippen LogP contribution in [0.4, 0.5) is 10.1 Å². The van der Waals surface area contributed by atoms with Crippen LogP contribution in [-0.2, 0) is 26.9 Å². The highest BCUT2D eigenvalue weighted by Crippen LogP contribution is 2.38. The lowest BCUT2D eigenvalue weighted by Gasteiger charge is -2.15. The maximum atomic E-state index is 13.2. The summed E-state index contributed by atoms with van der Waals surface area (Å²) in [6.07, 6.45) is 4.31. The van der Waals surface area contributed by atoms with Crippen LogP contribution in [0.25, 0.3) is 22.0 Å². The summed E-state index contributed by atoms with van der Waals surface area (Å²) in [7, 11) is -5.98. The van der Waals surface area contributed by atoms with Gasteiger partial charge in [0.2, 0.25) is 0 Å². The molecule has 0 aliphatic rings. The van der Waals surface area contributed by atoms with Gasteiger partial charge in [-0.25, -0.2) is 21.2 Å². The number of halogens is 1. The van der Waals surface area contributed by atoms with Gasteiger partial charge < -0.3 is 14.3 Å². The Labute approximate surface area is 223 Å². The van der Waals surface area contributed by atoms with Crippen LogP contribution in [0.1, 0.15) is 0 Å². The van der Waals surface area contributed by atoms with E-state index >= 15 is 0 Å². The molecule has 0 radical (unpaired) electrons. The number of fused-ring (bicyclic) bond motifs is 1. The number of hydrogen-bond acceptors (Lipinski definition) is 6. The molecule has 0 saturated carbocycles. The predicted octanol–water partition coefficient (Wildman–Crippen LogP) is 4.67. The van der Waals surface area contributed by atoms with Gasteiger partial charge in [0.25, 0.3) is 15.6 Å². The fourth-order valence-electron chi connectivity index (χ4n) is 4.10. The third-order valence-corrected chi connectivity index (χ3v) is 8.51. The van der Waals surface area contributed by atoms with Crippen LogP contribution < -0.4 is 15.0 Å². The number of hydrogen-bond donors (Lipinski definition) is 2. The third-order valence-electron chi connectivity index (χ3n) is 6.00. The van der Waals surface area contributed by atoms with E-state index in [1.807, 2.05) is 0 Å². The van der Waals surface area contributed by atoms with Crippen LogP contribution in [0.3, 0.4) is 0 Å². The number of benzene rings is 3. The largest absolute Gasteiger partial charge is 0.457 e. The molecule has 39 heavy (non-hydrogen) atoms. The zero-order chi connectivity index (χ0) is 27.9. The molecule has 0 fully saturated rings. The van der Waals surface area contributed by atoms with E-state index < -0.39 is 25.7 Å². The molecule has 0 amide bonds. The lowest BCUT2D eigenvalue weighted by molar-refractivity contribution is 0.484. The van der Waals surface area contributed by atoms with Crippen molar-refractivity contribution < 1.29 is 26.0 Å². The fourth-order valence-corrected chi connectivity index (χ4v) is 5.80. The average Bonchev–Trinajstić information content (AvgIpc) is 3.37. The van der Waals surface area contributed by atoms with E-state index in [9.17, 15) is 26.0 Å². The van der Waals surface area contributed by atoms with Gasteiger partial charge >= 0.3 is 0 Å². The van der Waals surface area contributed by atoms with Gasteiger partial charge in [0, 0.05) is 48.3 Å². The molecule has 5 rings (SSSR count). The number of rotatable bonds is 7. The first kappa shape index (κ1) is 26.2. The molecule has 200 valence electrons. The van der Waals surface area contributed by atoms with Crippen molar-refractivity contribution in [3.8, 4) is 22.6 Å². The minimum Gasteiger partial charge on any atom is -0.457 e. The lowest BCUT2D eigenvalue weighted by atomic mass is 10.0. The molecule has 9 nitrogen and oxygen atoms in total. The van der Waals surface area contributed by atoms with Crippen molar-refractivity contribution in [2.24, 2.45) is 7.05 Å². The van der Waals surface area contributed by atoms with Gasteiger partial charge in [-0.1, -0.05) is 6.07 Å². The number of aromatic nitrogens is 2. The Kier molecular flexibility index (Phi) is 6.52. The van der Waals surface area contributed by atoms with E-state index in [0.29, 0.717) is 22.0 Å². The Morgan fingerprint density at radius 1 is 0.897 bits per heavy atom. The number of pyridine rings is 1. The first-order valence-electron chi connectivity index (χ1n) is 11.5. The highest BCUT2D eigenvalue weighted by atomic mass is 32.2. The van der Waals surface area contributed by atoms with Crippen molar-refractivity contribution in [1.82, 2.24) is 9.55 Å². The first-order valence-corrected chi connectivity index (χ1v) is 14.9. The summed E-state index contributed by atoms with van der Waals surface area (Å²) in [4.78, 5) is 15.4. The zero-order valence-corrected chi connectivity index (χ0v) is 22.3. The van der Waals surface area contributed by atoms with Crippen molar-refractivity contribution in [1.29, 1.82) is 0 Å². The molecule has 2 N–H and O–H groups in total. The second-order valence-corrected chi connectivity index (χ2v) is 12.5. The Morgan fingerprint density at radius 3 is 2.33 bits per heavy atom. The Hall–Kier alpha value is -4.42. The van der Waals surface area contributed by atoms with Crippen molar-refractivity contribution in [2.45, 2.75) is 9.79 Å². The summed E-state index contributed by atoms with van der Waals surface area (Å²) in [5.74, 6) is -0.0164. The molecule has 0 aliphatic heterocycles. The maximum Gasteiger partial charge on any atom is 0.274 e. The number of sulfone groups is 1. The van der Waals surface area contributed by atoms with Crippen LogP contribution in [0.15, 0.2) is 99.8 Å². The van der Waals surface area contributed by atoms with E-state index in [-0.39, 0.29) is 32.5 Å². The van der Waals surface area contributed by atoms with Crippen LogP contribution >= 0.6 is 0 Å². The van der Waals surface area contributed by atoms with E-state index in [2.05, 4.69) is 9.71 Å². The smallest absolute Gasteiger partial charge is 0.274 e. The van der Waals surface area contributed by atoms with Gasteiger partial charge in [0.15, 0.2) is 9.84 Å². The molecule has 0 spiro atoms. The fraction of sp³-hybridized carbons (Fsp3) is 0.0741. The summed E-state index contributed by atoms with van der Waals surface area (Å²) in [5, 5.41) is 0.578. The highest BCUT2D eigenvalue weighted by Gasteiger charge is 2.19. The topological polar surface area (TPSA) is 127 Å². The molecule has 0 bridgehead atoms. The number of sulfonamides is 1. The third kappa shape index (κ3) is 5.29. The van der Waals surface area contributed by atoms with Crippen molar-refractivity contribution in [2.75, 3.05) is 11.0 Å². The first-order chi connectivity index (χ1) is 18.4. The number of ether oxygens (including phenoxy) is 1. The number of anilines is 1. The summed E-state index contributed by atoms with van der Waals surface area (Å²) >= 11 is 0. The maximum absolute atomic E-state index is 13.2. The van der Waals surface area contributed by atoms with E-state index in [1.54, 1.807) is 37.6 Å². The summed E-state index contributed by atoms with van der Waals surface area (Å²) in [6.45, 7) is 0. The molecule has 3 aromatic carbocycles. The van der Waals surface area contributed by atoms with Gasteiger partial charge in [-0.2, -0.15) is 0 Å². The highest BCUT2D eigenvalue weighted by molar-refractivity contribution is 7.92. The number of aryl methyl sites for hydroxylation is 1. The molecule has 0 unspecified atom stereocenters. The molecule has 5 aromatic rings. The molecular weight excluding hydrogens is 545 g/mol. The van der Waals surface area contributed by atoms with Crippen LogP contribution in [0.5, 0.6) is 11.5 Å². The van der Waals surface area contributed by atoms with Crippen molar-refractivity contribution >= 4 is 36.5 Å². The standard InChI is InChI=1S/C27H22FN3O6S2/c1-31-16-24(22-12-13-29-26(22)27(31)32)23-15-21(38(2,33)34)10-11-25(23)37-19-5-3-4-18(14-19)30-39(35,36)20-8-6-17(28)7-9-20/h3-16,29-30H,1-2H3. The van der Waals surface area contributed by atoms with Crippen LogP contribution in [0, 0.1) is 5.82 Å². The molecule has 2 aromatic heterocycles. The average molecular weight is 568 g/mol. The van der Waals surface area contributed by atoms with Crippen LogP contribution in [-0.4, -0.2) is 32.6 Å². The number of aromatic amines is 1. The van der Waals surface area contributed by atoms with Crippen LogP contribution in [0.2, 0.25) is 0 Å². The second kappa shape index (κ2) is 9.71. The summed E-state index contributed by atoms with van der Waals surface area (Å²) in [5.41, 5.74) is 1.27. The second-order valence-electron chi connectivity index (χ2n) is 8.84. The molecule has 0 atom stereocenters. The Balaban J connectivity index is 1.56. The lowest BCUT2D eigenvalue weighted by Crippen LogP contribution is -2.16. The number of nitrogens with zero attached hydrogens (tertiary/aromatic N) is 1. The molecular formula is C27H22FN3O6S2. The van der Waals surface area contributed by atoms with Gasteiger partial charge in [-0.15, -0.1) is 0 Å². The van der Waals surface area contributed by atoms with Gasteiger partial charge in [0.05, 0.1) is 15.5 Å². The van der Waals surface area contributed by atoms with E-state index in [0.717, 1.165) is 30.5 Å². The van der Waals surface area contributed by atoms with E-state index in [4.69, 9.17) is 4.74 Å². The Morgan fingerprint density at radius 2 is 1.62 bits per heavy atom. The van der Waals surface area contributed by atoms with Crippen molar-refractivity contribution in [3.63, 3.8) is 0 Å². The molecule has 12 heteroatoms. The zero-order valence-electron chi connectivity index (χ0n) is 20.7. The quantitative estimate of drug-likeness (QED) is 0.294. The SMILES string of the molecule is Cn1cc(-c2cc(S(C)(=O)=O)ccc2Oc2cccc(NS(=O)(=O)c3ccc(F)cc3)c2)c2cc[nH]c2c1=O. The molecule has 2 heterocycles. The number of nitrogens with one attached hydrogen (secondary N) is 2. The summed E-state index contributed by atoms with van der Waals surface area (Å²) < 4.78 is 73.4. The predicted molar refractivity (Wildman–Crippen MR) is 146 cm³/mol. The minimum absolute atomic E-state index is 0.0585. The van der Waals surface area contributed by atoms with E-state index in [1.165, 1.54) is 34.9 Å². The van der Waals surface area contributed by atoms with Gasteiger partial charge in [-0.05, 0) is 60.7 Å². The normalized spacial score (nSPS) is 12.0. The number of H-pyrrole nitrogens is 1. The summed E-state index contributed by atoms with van der Waals surface area (Å²) in [6, 6.07) is 16.7. The van der Waals surface area contributed by atoms with Crippen molar-refractivity contribution in [3.05, 3.63) is 101 Å². The van der Waals surface area contributed by atoms with Gasteiger partial charge in [0.1, 0.15) is 22.8 Å². The molecule has 0 saturated heterocycles. The minimum atomic E-state index is -3.99. The Bertz CT molecular complexity index is 2000.